The topological polar surface area (TPSA) is 74.3 Å². The summed E-state index contributed by atoms with van der Waals surface area (Å²) in [5.74, 6) is -0.464. The Morgan fingerprint density at radius 1 is 1.33 bits per heavy atom. The highest BCUT2D eigenvalue weighted by molar-refractivity contribution is 7.10. The Labute approximate surface area is 148 Å². The summed E-state index contributed by atoms with van der Waals surface area (Å²) in [4.78, 5) is 31.7. The molecular weight excluding hydrogens is 344 g/mol. The third-order valence-corrected chi connectivity index (χ3v) is 6.03. The first-order chi connectivity index (χ1) is 11.5. The van der Waals surface area contributed by atoms with Gasteiger partial charge >= 0.3 is 0 Å². The molecule has 3 heterocycles. The average Bonchev–Trinajstić information content (AvgIpc) is 3.17. The third kappa shape index (κ3) is 4.00. The number of hydrazine groups is 1. The lowest BCUT2D eigenvalue weighted by Crippen LogP contribution is -2.48. The van der Waals surface area contributed by atoms with Crippen LogP contribution < -0.4 is 10.9 Å². The number of aromatic nitrogens is 1. The molecular formula is C16H20N4O2S2. The van der Waals surface area contributed by atoms with E-state index in [1.54, 1.807) is 11.3 Å². The Bertz CT molecular complexity index is 740. The van der Waals surface area contributed by atoms with Crippen LogP contribution in [-0.2, 0) is 22.4 Å². The molecule has 3 rings (SSSR count). The van der Waals surface area contributed by atoms with Gasteiger partial charge < -0.3 is 0 Å². The fourth-order valence-corrected chi connectivity index (χ4v) is 4.54. The van der Waals surface area contributed by atoms with Crippen LogP contribution in [0.5, 0.6) is 0 Å². The van der Waals surface area contributed by atoms with Crippen molar-refractivity contribution in [2.45, 2.75) is 32.7 Å². The number of hydrogen-bond donors (Lipinski definition) is 2. The molecule has 6 nitrogen and oxygen atoms in total. The van der Waals surface area contributed by atoms with Crippen molar-refractivity contribution in [1.82, 2.24) is 20.7 Å². The SMILES string of the molecule is Cc1csc(CC(=O)NNC(=O)CN2CCc3sccc3[C@H]2C)n1. The molecule has 2 amide bonds. The Morgan fingerprint density at radius 3 is 2.88 bits per heavy atom. The van der Waals surface area contributed by atoms with Gasteiger partial charge in [0.25, 0.3) is 5.91 Å². The van der Waals surface area contributed by atoms with Gasteiger partial charge in [-0.05, 0) is 37.3 Å². The molecule has 24 heavy (non-hydrogen) atoms. The van der Waals surface area contributed by atoms with Gasteiger partial charge in [0.05, 0.1) is 13.0 Å². The van der Waals surface area contributed by atoms with Crippen molar-refractivity contribution in [2.75, 3.05) is 13.1 Å². The Kier molecular flexibility index (Phi) is 5.27. The lowest BCUT2D eigenvalue weighted by atomic mass is 10.0. The number of nitrogens with zero attached hydrogens (tertiary/aromatic N) is 2. The number of thiophene rings is 1. The van der Waals surface area contributed by atoms with Crippen LogP contribution in [0.2, 0.25) is 0 Å². The van der Waals surface area contributed by atoms with Gasteiger partial charge in [-0.15, -0.1) is 22.7 Å². The van der Waals surface area contributed by atoms with Crippen molar-refractivity contribution in [1.29, 1.82) is 0 Å². The van der Waals surface area contributed by atoms with Crippen molar-refractivity contribution in [2.24, 2.45) is 0 Å². The molecule has 0 saturated heterocycles. The maximum absolute atomic E-state index is 12.1. The minimum absolute atomic E-state index is 0.178. The van der Waals surface area contributed by atoms with E-state index >= 15 is 0 Å². The zero-order valence-electron chi connectivity index (χ0n) is 13.7. The number of nitrogens with one attached hydrogen (secondary N) is 2. The van der Waals surface area contributed by atoms with Crippen LogP contribution in [0.25, 0.3) is 0 Å². The first-order valence-electron chi connectivity index (χ1n) is 7.82. The molecule has 0 radical (unpaired) electrons. The molecule has 0 spiro atoms. The van der Waals surface area contributed by atoms with Gasteiger partial charge in [-0.3, -0.25) is 25.3 Å². The van der Waals surface area contributed by atoms with E-state index in [4.69, 9.17) is 0 Å². The summed E-state index contributed by atoms with van der Waals surface area (Å²) >= 11 is 3.22. The van der Waals surface area contributed by atoms with Gasteiger partial charge in [0.15, 0.2) is 0 Å². The van der Waals surface area contributed by atoms with Crippen molar-refractivity contribution in [3.8, 4) is 0 Å². The van der Waals surface area contributed by atoms with Crippen LogP contribution in [0.3, 0.4) is 0 Å². The second-order valence-electron chi connectivity index (χ2n) is 5.85. The molecule has 0 saturated carbocycles. The zero-order chi connectivity index (χ0) is 17.1. The van der Waals surface area contributed by atoms with E-state index in [1.165, 1.54) is 21.8 Å². The van der Waals surface area contributed by atoms with Gasteiger partial charge in [0, 0.05) is 28.5 Å². The second kappa shape index (κ2) is 7.42. The average molecular weight is 364 g/mol. The molecule has 2 aromatic heterocycles. The van der Waals surface area contributed by atoms with Crippen LogP contribution in [-0.4, -0.2) is 34.8 Å². The lowest BCUT2D eigenvalue weighted by Gasteiger charge is -2.32. The summed E-state index contributed by atoms with van der Waals surface area (Å²) in [6, 6.07) is 2.35. The predicted molar refractivity (Wildman–Crippen MR) is 94.9 cm³/mol. The highest BCUT2D eigenvalue weighted by Gasteiger charge is 2.26. The molecule has 2 aromatic rings. The lowest BCUT2D eigenvalue weighted by molar-refractivity contribution is -0.129. The van der Waals surface area contributed by atoms with E-state index in [9.17, 15) is 9.59 Å². The fourth-order valence-electron chi connectivity index (χ4n) is 2.81. The number of hydrogen-bond acceptors (Lipinski definition) is 6. The van der Waals surface area contributed by atoms with E-state index in [2.05, 4.69) is 39.1 Å². The zero-order valence-corrected chi connectivity index (χ0v) is 15.3. The van der Waals surface area contributed by atoms with Crippen LogP contribution in [0.1, 0.15) is 34.1 Å². The standard InChI is InChI=1S/C16H20N4O2S2/c1-10-9-24-16(17-10)7-14(21)18-19-15(22)8-20-5-3-13-12(11(20)2)4-6-23-13/h4,6,9,11H,3,5,7-8H2,1-2H3,(H,18,21)(H,19,22)/t11-/m1/s1. The molecule has 2 N–H and O–H groups in total. The van der Waals surface area contributed by atoms with Crippen LogP contribution in [0.15, 0.2) is 16.8 Å². The van der Waals surface area contributed by atoms with Gasteiger partial charge in [-0.25, -0.2) is 4.98 Å². The number of thiazole rings is 1. The fraction of sp³-hybridized carbons (Fsp3) is 0.438. The molecule has 0 fully saturated rings. The molecule has 0 unspecified atom stereocenters. The molecule has 1 aliphatic rings. The molecule has 1 aliphatic heterocycles. The molecule has 128 valence electrons. The first-order valence-corrected chi connectivity index (χ1v) is 9.58. The number of fused-ring (bicyclic) bond motifs is 1. The van der Waals surface area contributed by atoms with Crippen LogP contribution in [0, 0.1) is 6.92 Å². The summed E-state index contributed by atoms with van der Waals surface area (Å²) < 4.78 is 0. The number of carbonyl (C=O) groups is 2. The normalized spacial score (nSPS) is 17.3. The van der Waals surface area contributed by atoms with Crippen molar-refractivity contribution in [3.63, 3.8) is 0 Å². The number of amides is 2. The molecule has 0 aliphatic carbocycles. The summed E-state index contributed by atoms with van der Waals surface area (Å²) in [7, 11) is 0. The Hall–Kier alpha value is -1.77. The quantitative estimate of drug-likeness (QED) is 0.812. The summed E-state index contributed by atoms with van der Waals surface area (Å²) in [5, 5.41) is 4.75. The summed E-state index contributed by atoms with van der Waals surface area (Å²) in [5.41, 5.74) is 7.17. The summed E-state index contributed by atoms with van der Waals surface area (Å²) in [6.45, 7) is 5.13. The van der Waals surface area contributed by atoms with E-state index in [0.717, 1.165) is 23.7 Å². The Morgan fingerprint density at radius 2 is 2.12 bits per heavy atom. The van der Waals surface area contributed by atoms with Crippen molar-refractivity contribution in [3.05, 3.63) is 38.0 Å². The smallest absolute Gasteiger partial charge is 0.252 e. The van der Waals surface area contributed by atoms with Gasteiger partial charge in [0.2, 0.25) is 5.91 Å². The molecule has 8 heteroatoms. The van der Waals surface area contributed by atoms with Crippen LogP contribution in [0.4, 0.5) is 0 Å². The van der Waals surface area contributed by atoms with Gasteiger partial charge in [0.1, 0.15) is 5.01 Å². The van der Waals surface area contributed by atoms with Crippen molar-refractivity contribution >= 4 is 34.5 Å². The highest BCUT2D eigenvalue weighted by Crippen LogP contribution is 2.32. The maximum Gasteiger partial charge on any atom is 0.252 e. The Balaban J connectivity index is 1.45. The predicted octanol–water partition coefficient (Wildman–Crippen LogP) is 1.82. The van der Waals surface area contributed by atoms with E-state index in [0.29, 0.717) is 0 Å². The van der Waals surface area contributed by atoms with E-state index in [-0.39, 0.29) is 30.8 Å². The second-order valence-corrected chi connectivity index (χ2v) is 7.79. The van der Waals surface area contributed by atoms with E-state index in [1.807, 2.05) is 12.3 Å². The first kappa shape index (κ1) is 17.1. The van der Waals surface area contributed by atoms with Gasteiger partial charge in [-0.1, -0.05) is 0 Å². The highest BCUT2D eigenvalue weighted by atomic mass is 32.1. The molecule has 1 atom stereocenters. The number of aryl methyl sites for hydroxylation is 1. The minimum atomic E-state index is -0.260. The molecule has 0 aromatic carbocycles. The van der Waals surface area contributed by atoms with E-state index < -0.39 is 0 Å². The summed E-state index contributed by atoms with van der Waals surface area (Å²) in [6.07, 6.45) is 1.15. The van der Waals surface area contributed by atoms with Crippen LogP contribution >= 0.6 is 22.7 Å². The minimum Gasteiger partial charge on any atom is -0.287 e. The number of carbonyl (C=O) groups excluding carboxylic acids is 2. The number of rotatable bonds is 4. The maximum atomic E-state index is 12.1. The third-order valence-electron chi connectivity index (χ3n) is 4.07. The molecule has 0 bridgehead atoms. The van der Waals surface area contributed by atoms with Crippen molar-refractivity contribution < 1.29 is 9.59 Å². The monoisotopic (exact) mass is 364 g/mol. The van der Waals surface area contributed by atoms with Gasteiger partial charge in [-0.2, -0.15) is 0 Å². The largest absolute Gasteiger partial charge is 0.287 e.